The molecule has 3 atom stereocenters. The van der Waals surface area contributed by atoms with Crippen LogP contribution in [-0.2, 0) is 9.59 Å². The lowest BCUT2D eigenvalue weighted by Gasteiger charge is -2.30. The minimum absolute atomic E-state index is 0.00822. The number of carbonyl (C=O) groups is 3. The van der Waals surface area contributed by atoms with E-state index in [1.54, 1.807) is 0 Å². The molecule has 3 rings (SSSR count). The highest BCUT2D eigenvalue weighted by Crippen LogP contribution is 2.30. The molecule has 2 fully saturated rings. The summed E-state index contributed by atoms with van der Waals surface area (Å²) in [4.78, 5) is 36.6. The molecule has 4 N–H and O–H groups in total. The van der Waals surface area contributed by atoms with E-state index in [1.807, 2.05) is 45.0 Å². The van der Waals surface area contributed by atoms with E-state index < -0.39 is 0 Å². The molecule has 2 saturated carbocycles. The van der Waals surface area contributed by atoms with Crippen LogP contribution in [-0.4, -0.2) is 29.9 Å². The number of benzene rings is 1. The van der Waals surface area contributed by atoms with Gasteiger partial charge in [0, 0.05) is 29.6 Å². The van der Waals surface area contributed by atoms with Crippen molar-refractivity contribution in [2.24, 2.45) is 11.8 Å². The van der Waals surface area contributed by atoms with Crippen molar-refractivity contribution in [1.82, 2.24) is 16.0 Å². The fraction of sp³-hybridized carbons (Fsp3) is 0.609. The van der Waals surface area contributed by atoms with Gasteiger partial charge in [0.25, 0.3) is 0 Å². The maximum absolute atomic E-state index is 12.5. The summed E-state index contributed by atoms with van der Waals surface area (Å²) >= 11 is 0. The van der Waals surface area contributed by atoms with Crippen LogP contribution in [0.15, 0.2) is 24.3 Å². The van der Waals surface area contributed by atoms with Gasteiger partial charge < -0.3 is 21.3 Å². The Balaban J connectivity index is 1.45. The Kier molecular flexibility index (Phi) is 7.34. The molecule has 2 aliphatic carbocycles. The SMILES string of the molecule is CC(C)NC(=O)C1CCCC(NC(=O)NC(C)c2ccc(NC(=O)C3CC3)cc2)C1. The molecule has 1 aromatic rings. The summed E-state index contributed by atoms with van der Waals surface area (Å²) in [6, 6.07) is 7.32. The van der Waals surface area contributed by atoms with Gasteiger partial charge in [-0.05, 0) is 70.6 Å². The van der Waals surface area contributed by atoms with E-state index in [2.05, 4.69) is 21.3 Å². The molecule has 4 amide bonds. The zero-order valence-electron chi connectivity index (χ0n) is 18.2. The Labute approximate surface area is 178 Å². The molecule has 164 valence electrons. The smallest absolute Gasteiger partial charge is 0.315 e. The molecule has 3 unspecified atom stereocenters. The maximum atomic E-state index is 12.5. The monoisotopic (exact) mass is 414 g/mol. The van der Waals surface area contributed by atoms with Crippen molar-refractivity contribution >= 4 is 23.5 Å². The third-order valence-corrected chi connectivity index (χ3v) is 5.79. The fourth-order valence-corrected chi connectivity index (χ4v) is 3.91. The largest absolute Gasteiger partial charge is 0.354 e. The molecule has 7 heteroatoms. The molecule has 0 radical (unpaired) electrons. The van der Waals surface area contributed by atoms with E-state index in [-0.39, 0.29) is 47.8 Å². The van der Waals surface area contributed by atoms with Gasteiger partial charge in [-0.25, -0.2) is 4.79 Å². The van der Waals surface area contributed by atoms with Gasteiger partial charge in [-0.1, -0.05) is 18.6 Å². The molecule has 0 aliphatic heterocycles. The van der Waals surface area contributed by atoms with Crippen LogP contribution in [0.3, 0.4) is 0 Å². The number of anilines is 1. The molecular weight excluding hydrogens is 380 g/mol. The third kappa shape index (κ3) is 6.47. The van der Waals surface area contributed by atoms with Crippen molar-refractivity contribution in [2.45, 2.75) is 77.4 Å². The maximum Gasteiger partial charge on any atom is 0.315 e. The van der Waals surface area contributed by atoms with Crippen LogP contribution in [0.2, 0.25) is 0 Å². The number of nitrogens with one attached hydrogen (secondary N) is 4. The number of hydrogen-bond donors (Lipinski definition) is 4. The van der Waals surface area contributed by atoms with Gasteiger partial charge in [0.2, 0.25) is 11.8 Å². The van der Waals surface area contributed by atoms with Crippen LogP contribution >= 0.6 is 0 Å². The number of hydrogen-bond acceptors (Lipinski definition) is 3. The first-order valence-corrected chi connectivity index (χ1v) is 11.1. The number of urea groups is 1. The van der Waals surface area contributed by atoms with Gasteiger partial charge in [0.15, 0.2) is 0 Å². The van der Waals surface area contributed by atoms with Gasteiger partial charge in [-0.15, -0.1) is 0 Å². The summed E-state index contributed by atoms with van der Waals surface area (Å²) in [5.74, 6) is 0.298. The van der Waals surface area contributed by atoms with E-state index in [0.29, 0.717) is 6.42 Å². The Morgan fingerprint density at radius 1 is 0.867 bits per heavy atom. The first kappa shape index (κ1) is 22.1. The number of rotatable bonds is 7. The van der Waals surface area contributed by atoms with Gasteiger partial charge >= 0.3 is 6.03 Å². The second-order valence-electron chi connectivity index (χ2n) is 8.95. The van der Waals surface area contributed by atoms with E-state index in [1.165, 1.54) is 0 Å². The summed E-state index contributed by atoms with van der Waals surface area (Å²) in [6.07, 6.45) is 5.33. The van der Waals surface area contributed by atoms with Crippen LogP contribution in [0, 0.1) is 11.8 Å². The number of amides is 4. The lowest BCUT2D eigenvalue weighted by atomic mass is 9.85. The van der Waals surface area contributed by atoms with Crippen molar-refractivity contribution in [3.63, 3.8) is 0 Å². The van der Waals surface area contributed by atoms with Gasteiger partial charge in [-0.3, -0.25) is 9.59 Å². The van der Waals surface area contributed by atoms with Crippen LogP contribution in [0.25, 0.3) is 0 Å². The highest BCUT2D eigenvalue weighted by Gasteiger charge is 2.30. The highest BCUT2D eigenvalue weighted by molar-refractivity contribution is 5.94. The quantitative estimate of drug-likeness (QED) is 0.550. The van der Waals surface area contributed by atoms with Crippen molar-refractivity contribution in [1.29, 1.82) is 0 Å². The predicted octanol–water partition coefficient (Wildman–Crippen LogP) is 3.48. The van der Waals surface area contributed by atoms with Crippen LogP contribution in [0.4, 0.5) is 10.5 Å². The van der Waals surface area contributed by atoms with Crippen LogP contribution in [0.5, 0.6) is 0 Å². The standard InChI is InChI=1S/C23H34N4O3/c1-14(2)24-22(29)18-5-4-6-20(13-18)27-23(30)25-15(3)16-9-11-19(12-10-16)26-21(28)17-7-8-17/h9-12,14-15,17-18,20H,4-8,13H2,1-3H3,(H,24,29)(H,26,28)(H2,25,27,30). The highest BCUT2D eigenvalue weighted by atomic mass is 16.2. The number of carbonyl (C=O) groups excluding carboxylic acids is 3. The van der Waals surface area contributed by atoms with Gasteiger partial charge in [0.1, 0.15) is 0 Å². The zero-order valence-corrected chi connectivity index (χ0v) is 18.2. The molecule has 0 spiro atoms. The second-order valence-corrected chi connectivity index (χ2v) is 8.95. The molecule has 0 heterocycles. The fourth-order valence-electron chi connectivity index (χ4n) is 3.91. The Morgan fingerprint density at radius 3 is 2.20 bits per heavy atom. The summed E-state index contributed by atoms with van der Waals surface area (Å²) < 4.78 is 0. The lowest BCUT2D eigenvalue weighted by Crippen LogP contribution is -2.47. The van der Waals surface area contributed by atoms with Crippen molar-refractivity contribution in [3.05, 3.63) is 29.8 Å². The Morgan fingerprint density at radius 2 is 1.57 bits per heavy atom. The summed E-state index contributed by atoms with van der Waals surface area (Å²) in [5, 5.41) is 11.9. The predicted molar refractivity (Wildman–Crippen MR) is 117 cm³/mol. The van der Waals surface area contributed by atoms with Crippen molar-refractivity contribution in [3.8, 4) is 0 Å². The van der Waals surface area contributed by atoms with Crippen LogP contribution < -0.4 is 21.3 Å². The summed E-state index contributed by atoms with van der Waals surface area (Å²) in [6.45, 7) is 5.84. The first-order chi connectivity index (χ1) is 14.3. The average molecular weight is 415 g/mol. The molecule has 7 nitrogen and oxygen atoms in total. The minimum Gasteiger partial charge on any atom is -0.354 e. The van der Waals surface area contributed by atoms with Gasteiger partial charge in [0.05, 0.1) is 6.04 Å². The second kappa shape index (κ2) is 9.96. The molecule has 1 aromatic carbocycles. The topological polar surface area (TPSA) is 99.3 Å². The van der Waals surface area contributed by atoms with Gasteiger partial charge in [-0.2, -0.15) is 0 Å². The normalized spacial score (nSPS) is 22.1. The Bertz CT molecular complexity index is 758. The first-order valence-electron chi connectivity index (χ1n) is 11.1. The molecule has 30 heavy (non-hydrogen) atoms. The summed E-state index contributed by atoms with van der Waals surface area (Å²) in [5.41, 5.74) is 1.74. The molecule has 2 aliphatic rings. The van der Waals surface area contributed by atoms with Crippen molar-refractivity contribution in [2.75, 3.05) is 5.32 Å². The molecular formula is C23H34N4O3. The average Bonchev–Trinajstić information content (AvgIpc) is 3.53. The zero-order chi connectivity index (χ0) is 21.7. The Hall–Kier alpha value is -2.57. The van der Waals surface area contributed by atoms with E-state index in [0.717, 1.165) is 43.4 Å². The third-order valence-electron chi connectivity index (χ3n) is 5.79. The van der Waals surface area contributed by atoms with Crippen molar-refractivity contribution < 1.29 is 14.4 Å². The van der Waals surface area contributed by atoms with Crippen LogP contribution in [0.1, 0.15) is 70.9 Å². The molecule has 0 bridgehead atoms. The minimum atomic E-state index is -0.219. The lowest BCUT2D eigenvalue weighted by molar-refractivity contribution is -0.126. The van der Waals surface area contributed by atoms with E-state index in [9.17, 15) is 14.4 Å². The summed E-state index contributed by atoms with van der Waals surface area (Å²) in [7, 11) is 0. The molecule has 0 aromatic heterocycles. The van der Waals surface area contributed by atoms with E-state index >= 15 is 0 Å². The van der Waals surface area contributed by atoms with E-state index in [4.69, 9.17) is 0 Å². The molecule has 0 saturated heterocycles.